The highest BCUT2D eigenvalue weighted by Gasteiger charge is 2.00. The van der Waals surface area contributed by atoms with E-state index in [0.717, 1.165) is 11.1 Å². The van der Waals surface area contributed by atoms with E-state index in [1.165, 1.54) is 0 Å². The van der Waals surface area contributed by atoms with Crippen LogP contribution >= 0.6 is 12.4 Å². The second-order valence-electron chi connectivity index (χ2n) is 3.00. The Balaban J connectivity index is 0.00000112. The lowest BCUT2D eigenvalue weighted by atomic mass is 10.1. The molecule has 0 N–H and O–H groups in total. The summed E-state index contributed by atoms with van der Waals surface area (Å²) in [6.07, 6.45) is 5.36. The SMILES string of the molecule is Cl.N#Cc1ccccc1Cn1ccnc1. The Bertz CT molecular complexity index is 457. The fourth-order valence-electron chi connectivity index (χ4n) is 1.34. The molecule has 4 heteroatoms. The first kappa shape index (κ1) is 11.3. The summed E-state index contributed by atoms with van der Waals surface area (Å²) in [6.45, 7) is 0.698. The largest absolute Gasteiger partial charge is 0.333 e. The number of nitrogens with zero attached hydrogens (tertiary/aromatic N) is 3. The molecule has 1 heterocycles. The van der Waals surface area contributed by atoms with Gasteiger partial charge in [0.15, 0.2) is 0 Å². The van der Waals surface area contributed by atoms with Crippen LogP contribution < -0.4 is 0 Å². The number of hydrogen-bond donors (Lipinski definition) is 0. The highest BCUT2D eigenvalue weighted by Crippen LogP contribution is 2.08. The number of halogens is 1. The molecular formula is C11H10ClN3. The highest BCUT2D eigenvalue weighted by atomic mass is 35.5. The third-order valence-corrected chi connectivity index (χ3v) is 2.05. The van der Waals surface area contributed by atoms with E-state index in [2.05, 4.69) is 11.1 Å². The van der Waals surface area contributed by atoms with E-state index in [4.69, 9.17) is 5.26 Å². The van der Waals surface area contributed by atoms with E-state index in [0.29, 0.717) is 6.54 Å². The number of rotatable bonds is 2. The second kappa shape index (κ2) is 5.18. The number of aromatic nitrogens is 2. The van der Waals surface area contributed by atoms with Gasteiger partial charge in [-0.15, -0.1) is 12.4 Å². The van der Waals surface area contributed by atoms with E-state index in [9.17, 15) is 0 Å². The Morgan fingerprint density at radius 2 is 2.13 bits per heavy atom. The van der Waals surface area contributed by atoms with Crippen LogP contribution in [0.1, 0.15) is 11.1 Å². The van der Waals surface area contributed by atoms with Gasteiger partial charge < -0.3 is 4.57 Å². The van der Waals surface area contributed by atoms with E-state index < -0.39 is 0 Å². The predicted octanol–water partition coefficient (Wildman–Crippen LogP) is 2.22. The molecule has 0 saturated carbocycles. The molecule has 2 aromatic rings. The van der Waals surface area contributed by atoms with Gasteiger partial charge in [0.1, 0.15) is 0 Å². The van der Waals surface area contributed by atoms with Gasteiger partial charge in [0, 0.05) is 18.9 Å². The molecule has 0 unspecified atom stereocenters. The number of imidazole rings is 1. The van der Waals surface area contributed by atoms with Crippen LogP contribution in [0, 0.1) is 11.3 Å². The molecule has 0 saturated heterocycles. The molecule has 0 radical (unpaired) electrons. The van der Waals surface area contributed by atoms with E-state index >= 15 is 0 Å². The Hall–Kier alpha value is -1.79. The zero-order valence-electron chi connectivity index (χ0n) is 8.00. The Morgan fingerprint density at radius 1 is 1.33 bits per heavy atom. The van der Waals surface area contributed by atoms with Gasteiger partial charge in [-0.25, -0.2) is 4.98 Å². The lowest BCUT2D eigenvalue weighted by molar-refractivity contribution is 0.795. The summed E-state index contributed by atoms with van der Waals surface area (Å²) < 4.78 is 1.94. The van der Waals surface area contributed by atoms with Crippen molar-refractivity contribution in [3.63, 3.8) is 0 Å². The normalized spacial score (nSPS) is 9.00. The maximum atomic E-state index is 8.87. The molecule has 0 aliphatic rings. The maximum Gasteiger partial charge on any atom is 0.0995 e. The Morgan fingerprint density at radius 3 is 2.80 bits per heavy atom. The molecule has 15 heavy (non-hydrogen) atoms. The summed E-state index contributed by atoms with van der Waals surface area (Å²) in [5.74, 6) is 0. The van der Waals surface area contributed by atoms with Crippen LogP contribution in [0.25, 0.3) is 0 Å². The minimum absolute atomic E-state index is 0. The van der Waals surface area contributed by atoms with Crippen LogP contribution in [0.3, 0.4) is 0 Å². The van der Waals surface area contributed by atoms with Crippen molar-refractivity contribution in [1.29, 1.82) is 5.26 Å². The third-order valence-electron chi connectivity index (χ3n) is 2.05. The van der Waals surface area contributed by atoms with Crippen molar-refractivity contribution in [2.24, 2.45) is 0 Å². The molecule has 3 nitrogen and oxygen atoms in total. The zero-order valence-corrected chi connectivity index (χ0v) is 8.81. The topological polar surface area (TPSA) is 41.6 Å². The number of hydrogen-bond acceptors (Lipinski definition) is 2. The van der Waals surface area contributed by atoms with Crippen molar-refractivity contribution in [1.82, 2.24) is 9.55 Å². The van der Waals surface area contributed by atoms with Crippen LogP contribution in [0.5, 0.6) is 0 Å². The summed E-state index contributed by atoms with van der Waals surface area (Å²) in [7, 11) is 0. The van der Waals surface area contributed by atoms with Crippen LogP contribution in [-0.4, -0.2) is 9.55 Å². The molecule has 1 aromatic heterocycles. The fraction of sp³-hybridized carbons (Fsp3) is 0.0909. The van der Waals surface area contributed by atoms with Gasteiger partial charge in [-0.3, -0.25) is 0 Å². The summed E-state index contributed by atoms with van der Waals surface area (Å²) in [5, 5.41) is 8.87. The average molecular weight is 220 g/mol. The molecule has 2 rings (SSSR count). The second-order valence-corrected chi connectivity index (χ2v) is 3.00. The molecule has 1 aromatic carbocycles. The fourth-order valence-corrected chi connectivity index (χ4v) is 1.34. The average Bonchev–Trinajstić information content (AvgIpc) is 2.71. The number of benzene rings is 1. The monoisotopic (exact) mass is 219 g/mol. The Labute approximate surface area is 94.4 Å². The van der Waals surface area contributed by atoms with Crippen molar-refractivity contribution >= 4 is 12.4 Å². The first-order valence-corrected chi connectivity index (χ1v) is 4.34. The van der Waals surface area contributed by atoms with Crippen LogP contribution in [0.4, 0.5) is 0 Å². The van der Waals surface area contributed by atoms with Crippen LogP contribution in [0.2, 0.25) is 0 Å². The highest BCUT2D eigenvalue weighted by molar-refractivity contribution is 5.85. The predicted molar refractivity (Wildman–Crippen MR) is 59.7 cm³/mol. The molecule has 0 fully saturated rings. The van der Waals surface area contributed by atoms with Gasteiger partial charge in [0.05, 0.1) is 18.0 Å². The van der Waals surface area contributed by atoms with Crippen molar-refractivity contribution in [2.75, 3.05) is 0 Å². The molecule has 0 aliphatic heterocycles. The van der Waals surface area contributed by atoms with Gasteiger partial charge in [-0.05, 0) is 11.6 Å². The molecular weight excluding hydrogens is 210 g/mol. The first-order valence-electron chi connectivity index (χ1n) is 4.34. The minimum atomic E-state index is 0. The first-order chi connectivity index (χ1) is 6.90. The summed E-state index contributed by atoms with van der Waals surface area (Å²) >= 11 is 0. The summed E-state index contributed by atoms with van der Waals surface area (Å²) in [6, 6.07) is 9.77. The standard InChI is InChI=1S/C11H9N3.ClH/c12-7-10-3-1-2-4-11(10)8-14-6-5-13-9-14;/h1-6,9H,8H2;1H. The number of nitriles is 1. The lowest BCUT2D eigenvalue weighted by Gasteiger charge is -2.03. The van der Waals surface area contributed by atoms with E-state index in [-0.39, 0.29) is 12.4 Å². The lowest BCUT2D eigenvalue weighted by Crippen LogP contribution is -1.98. The third kappa shape index (κ3) is 2.58. The van der Waals surface area contributed by atoms with Crippen molar-refractivity contribution in [3.8, 4) is 6.07 Å². The summed E-state index contributed by atoms with van der Waals surface area (Å²) in [5.41, 5.74) is 1.74. The zero-order chi connectivity index (χ0) is 9.80. The van der Waals surface area contributed by atoms with Crippen molar-refractivity contribution in [3.05, 3.63) is 54.1 Å². The van der Waals surface area contributed by atoms with Crippen LogP contribution in [-0.2, 0) is 6.54 Å². The van der Waals surface area contributed by atoms with Gasteiger partial charge in [0.25, 0.3) is 0 Å². The van der Waals surface area contributed by atoms with Crippen molar-refractivity contribution < 1.29 is 0 Å². The van der Waals surface area contributed by atoms with Crippen molar-refractivity contribution in [2.45, 2.75) is 6.54 Å². The minimum Gasteiger partial charge on any atom is -0.333 e. The van der Waals surface area contributed by atoms with Gasteiger partial charge in [-0.1, -0.05) is 18.2 Å². The summed E-state index contributed by atoms with van der Waals surface area (Å²) in [4.78, 5) is 3.95. The molecule has 76 valence electrons. The van der Waals surface area contributed by atoms with E-state index in [1.807, 2.05) is 35.0 Å². The van der Waals surface area contributed by atoms with E-state index in [1.54, 1.807) is 12.5 Å². The van der Waals surface area contributed by atoms with Crippen LogP contribution in [0.15, 0.2) is 43.0 Å². The molecule has 0 amide bonds. The van der Waals surface area contributed by atoms with Gasteiger partial charge >= 0.3 is 0 Å². The smallest absolute Gasteiger partial charge is 0.0995 e. The molecule has 0 bridgehead atoms. The molecule has 0 spiro atoms. The maximum absolute atomic E-state index is 8.87. The molecule has 0 aliphatic carbocycles. The quantitative estimate of drug-likeness (QED) is 0.777. The van der Waals surface area contributed by atoms with Gasteiger partial charge in [-0.2, -0.15) is 5.26 Å². The molecule has 0 atom stereocenters. The van der Waals surface area contributed by atoms with Gasteiger partial charge in [0.2, 0.25) is 0 Å². The Kier molecular flexibility index (Phi) is 3.90.